The molecule has 1 aliphatic carbocycles. The standard InChI is InChI=1S/C19H15ClN2O3/c20-18-14-7-3-1-6-13(14)11-15(18)19(24)21-16-8-4-2-5-12(16)9-10-17(23)22-25/h1-10,25H,11H2,(H,21,24)(H,22,23)/b10-9+. The Hall–Kier alpha value is -2.89. The zero-order chi connectivity index (χ0) is 17.8. The van der Waals surface area contributed by atoms with E-state index in [4.69, 9.17) is 16.8 Å². The number of benzene rings is 2. The van der Waals surface area contributed by atoms with E-state index in [0.29, 0.717) is 28.3 Å². The number of halogens is 1. The number of amides is 2. The fraction of sp³-hybridized carbons (Fsp3) is 0.0526. The molecule has 0 fully saturated rings. The van der Waals surface area contributed by atoms with Gasteiger partial charge in [-0.2, -0.15) is 0 Å². The highest BCUT2D eigenvalue weighted by atomic mass is 35.5. The van der Waals surface area contributed by atoms with Crippen LogP contribution in [0.5, 0.6) is 0 Å². The molecule has 0 bridgehead atoms. The first kappa shape index (κ1) is 17.0. The van der Waals surface area contributed by atoms with E-state index >= 15 is 0 Å². The molecule has 3 N–H and O–H groups in total. The lowest BCUT2D eigenvalue weighted by molar-refractivity contribution is -0.124. The zero-order valence-corrected chi connectivity index (χ0v) is 13.9. The van der Waals surface area contributed by atoms with Crippen LogP contribution in [0.4, 0.5) is 5.69 Å². The van der Waals surface area contributed by atoms with Crippen LogP contribution in [0.2, 0.25) is 0 Å². The molecule has 0 unspecified atom stereocenters. The molecule has 126 valence electrons. The first-order valence-electron chi connectivity index (χ1n) is 7.59. The van der Waals surface area contributed by atoms with E-state index < -0.39 is 5.91 Å². The van der Waals surface area contributed by atoms with Crippen molar-refractivity contribution in [3.8, 4) is 0 Å². The predicted molar refractivity (Wildman–Crippen MR) is 97.0 cm³/mol. The maximum Gasteiger partial charge on any atom is 0.267 e. The molecule has 6 heteroatoms. The summed E-state index contributed by atoms with van der Waals surface area (Å²) in [5.41, 5.74) is 5.10. The van der Waals surface area contributed by atoms with Gasteiger partial charge in [0.15, 0.2) is 0 Å². The van der Waals surface area contributed by atoms with Crippen LogP contribution in [0.15, 0.2) is 60.2 Å². The molecule has 2 aromatic rings. The zero-order valence-electron chi connectivity index (χ0n) is 13.1. The van der Waals surface area contributed by atoms with Gasteiger partial charge in [0.25, 0.3) is 11.8 Å². The summed E-state index contributed by atoms with van der Waals surface area (Å²) in [6, 6.07) is 14.7. The molecule has 2 aromatic carbocycles. The van der Waals surface area contributed by atoms with Crippen molar-refractivity contribution < 1.29 is 14.8 Å². The molecule has 25 heavy (non-hydrogen) atoms. The van der Waals surface area contributed by atoms with E-state index in [1.165, 1.54) is 17.6 Å². The highest BCUT2D eigenvalue weighted by molar-refractivity contribution is 6.52. The second kappa shape index (κ2) is 7.34. The third-order valence-corrected chi connectivity index (χ3v) is 4.33. The molecule has 3 rings (SSSR count). The minimum absolute atomic E-state index is 0.284. The fourth-order valence-electron chi connectivity index (χ4n) is 2.66. The molecule has 1 aliphatic rings. The van der Waals surface area contributed by atoms with Crippen LogP contribution in [0.3, 0.4) is 0 Å². The van der Waals surface area contributed by atoms with Gasteiger partial charge in [0.1, 0.15) is 0 Å². The summed E-state index contributed by atoms with van der Waals surface area (Å²) in [5.74, 6) is -0.938. The molecule has 0 saturated heterocycles. The van der Waals surface area contributed by atoms with E-state index in [-0.39, 0.29) is 5.91 Å². The van der Waals surface area contributed by atoms with Crippen LogP contribution in [0, 0.1) is 0 Å². The van der Waals surface area contributed by atoms with Gasteiger partial charge in [-0.05, 0) is 28.8 Å². The smallest absolute Gasteiger partial charge is 0.267 e. The maximum atomic E-state index is 12.6. The minimum atomic E-state index is -0.655. The van der Waals surface area contributed by atoms with E-state index in [9.17, 15) is 9.59 Å². The van der Waals surface area contributed by atoms with Crippen molar-refractivity contribution in [2.75, 3.05) is 5.32 Å². The number of fused-ring (bicyclic) bond motifs is 1. The van der Waals surface area contributed by atoms with Gasteiger partial charge in [-0.1, -0.05) is 54.1 Å². The number of nitrogens with one attached hydrogen (secondary N) is 2. The Kier molecular flexibility index (Phi) is 4.97. The summed E-state index contributed by atoms with van der Waals surface area (Å²) in [6.45, 7) is 0. The Morgan fingerprint density at radius 3 is 2.56 bits per heavy atom. The molecule has 5 nitrogen and oxygen atoms in total. The second-order valence-corrected chi connectivity index (χ2v) is 5.86. The van der Waals surface area contributed by atoms with Crippen molar-refractivity contribution in [2.24, 2.45) is 0 Å². The topological polar surface area (TPSA) is 78.4 Å². The van der Waals surface area contributed by atoms with Crippen molar-refractivity contribution in [1.82, 2.24) is 5.48 Å². The van der Waals surface area contributed by atoms with Gasteiger partial charge < -0.3 is 5.32 Å². The number of hydrogen-bond donors (Lipinski definition) is 3. The summed E-state index contributed by atoms with van der Waals surface area (Å²) in [4.78, 5) is 23.8. The van der Waals surface area contributed by atoms with E-state index in [0.717, 1.165) is 11.1 Å². The molecule has 0 atom stereocenters. The number of rotatable bonds is 4. The minimum Gasteiger partial charge on any atom is -0.322 e. The number of carbonyl (C=O) groups excluding carboxylic acids is 2. The van der Waals surface area contributed by atoms with Gasteiger partial charge in [-0.3, -0.25) is 14.8 Å². The normalized spacial score (nSPS) is 13.0. The van der Waals surface area contributed by atoms with Gasteiger partial charge in [-0.25, -0.2) is 5.48 Å². The van der Waals surface area contributed by atoms with Crippen LogP contribution in [0.1, 0.15) is 16.7 Å². The highest BCUT2D eigenvalue weighted by Crippen LogP contribution is 2.36. The Labute approximate surface area is 149 Å². The van der Waals surface area contributed by atoms with Crippen molar-refractivity contribution >= 4 is 40.2 Å². The van der Waals surface area contributed by atoms with Gasteiger partial charge >= 0.3 is 0 Å². The van der Waals surface area contributed by atoms with E-state index in [1.807, 2.05) is 24.3 Å². The number of hydroxylamine groups is 1. The fourth-order valence-corrected chi connectivity index (χ4v) is 2.99. The lowest BCUT2D eigenvalue weighted by Crippen LogP contribution is -2.16. The van der Waals surface area contributed by atoms with Crippen LogP contribution in [-0.2, 0) is 16.0 Å². The summed E-state index contributed by atoms with van der Waals surface area (Å²) >= 11 is 6.36. The first-order chi connectivity index (χ1) is 12.1. The molecular formula is C19H15ClN2O3. The van der Waals surface area contributed by atoms with Crippen molar-refractivity contribution in [2.45, 2.75) is 6.42 Å². The highest BCUT2D eigenvalue weighted by Gasteiger charge is 2.25. The quantitative estimate of drug-likeness (QED) is 0.447. The van der Waals surface area contributed by atoms with E-state index in [1.54, 1.807) is 24.3 Å². The number of hydrogen-bond acceptors (Lipinski definition) is 3. The van der Waals surface area contributed by atoms with Crippen molar-refractivity contribution in [1.29, 1.82) is 0 Å². The molecule has 0 aliphatic heterocycles. The Morgan fingerprint density at radius 2 is 1.80 bits per heavy atom. The van der Waals surface area contributed by atoms with Crippen LogP contribution in [0.25, 0.3) is 11.1 Å². The third kappa shape index (κ3) is 3.63. The molecular weight excluding hydrogens is 340 g/mol. The Balaban J connectivity index is 1.82. The lowest BCUT2D eigenvalue weighted by atomic mass is 10.1. The van der Waals surface area contributed by atoms with E-state index in [2.05, 4.69) is 5.32 Å². The number of carbonyl (C=O) groups is 2. The van der Waals surface area contributed by atoms with Gasteiger partial charge in [0, 0.05) is 23.8 Å². The predicted octanol–water partition coefficient (Wildman–Crippen LogP) is 3.35. The van der Waals surface area contributed by atoms with Crippen molar-refractivity contribution in [3.63, 3.8) is 0 Å². The molecule has 0 spiro atoms. The van der Waals surface area contributed by atoms with Gasteiger partial charge in [0.2, 0.25) is 0 Å². The van der Waals surface area contributed by atoms with Crippen LogP contribution < -0.4 is 10.8 Å². The monoisotopic (exact) mass is 354 g/mol. The lowest BCUT2D eigenvalue weighted by Gasteiger charge is -2.09. The average molecular weight is 355 g/mol. The molecule has 0 heterocycles. The summed E-state index contributed by atoms with van der Waals surface area (Å²) in [5, 5.41) is 11.8. The number of para-hydroxylation sites is 1. The van der Waals surface area contributed by atoms with Gasteiger partial charge in [-0.15, -0.1) is 0 Å². The summed E-state index contributed by atoms with van der Waals surface area (Å²) in [6.07, 6.45) is 3.15. The largest absolute Gasteiger partial charge is 0.322 e. The number of anilines is 1. The summed E-state index contributed by atoms with van der Waals surface area (Å²) in [7, 11) is 0. The van der Waals surface area contributed by atoms with Gasteiger partial charge in [0.05, 0.1) is 5.03 Å². The molecule has 0 aromatic heterocycles. The third-order valence-electron chi connectivity index (χ3n) is 3.89. The molecule has 0 radical (unpaired) electrons. The maximum absolute atomic E-state index is 12.6. The average Bonchev–Trinajstić information content (AvgIpc) is 2.98. The van der Waals surface area contributed by atoms with Crippen LogP contribution >= 0.6 is 11.6 Å². The molecule has 0 saturated carbocycles. The first-order valence-corrected chi connectivity index (χ1v) is 7.97. The summed E-state index contributed by atoms with van der Waals surface area (Å²) < 4.78 is 0. The molecule has 2 amide bonds. The Morgan fingerprint density at radius 1 is 1.08 bits per heavy atom. The van der Waals surface area contributed by atoms with Crippen LogP contribution in [-0.4, -0.2) is 17.0 Å². The Bertz CT molecular complexity index is 903. The SMILES string of the molecule is O=C(/C=C/c1ccccc1NC(=O)C1=C(Cl)c2ccccc2C1)NO. The van der Waals surface area contributed by atoms with Crippen molar-refractivity contribution in [3.05, 3.63) is 76.9 Å². The second-order valence-electron chi connectivity index (χ2n) is 5.48.